The number of sulfonamides is 1. The maximum Gasteiger partial charge on any atom is 0.328 e. The molecule has 0 aliphatic rings. The molecule has 0 radical (unpaired) electrons. The number of hydrogen-bond acceptors (Lipinski definition) is 5. The van der Waals surface area contributed by atoms with Crippen molar-refractivity contribution in [2.45, 2.75) is 24.8 Å². The first-order valence-electron chi connectivity index (χ1n) is 5.53. The van der Waals surface area contributed by atoms with Gasteiger partial charge in [-0.05, 0) is 26.0 Å². The highest BCUT2D eigenvalue weighted by Gasteiger charge is 2.22. The Morgan fingerprint density at radius 1 is 1.37 bits per heavy atom. The molecule has 0 aliphatic carbocycles. The summed E-state index contributed by atoms with van der Waals surface area (Å²) in [4.78, 5) is 11.3. The second-order valence-corrected chi connectivity index (χ2v) is 5.79. The zero-order valence-corrected chi connectivity index (χ0v) is 11.7. The molecule has 0 atom stereocenters. The molecule has 7 nitrogen and oxygen atoms in total. The van der Waals surface area contributed by atoms with Crippen LogP contribution in [0.4, 0.5) is 10.5 Å². The highest BCUT2D eigenvalue weighted by atomic mass is 32.2. The normalized spacial score (nSPS) is 11.2. The third-order valence-corrected chi connectivity index (χ3v) is 3.49. The maximum absolute atomic E-state index is 12.0. The van der Waals surface area contributed by atoms with E-state index >= 15 is 0 Å². The van der Waals surface area contributed by atoms with Crippen molar-refractivity contribution < 1.29 is 17.9 Å². The smallest absolute Gasteiger partial charge is 0.328 e. The Hall–Kier alpha value is -1.96. The maximum atomic E-state index is 12.0. The van der Waals surface area contributed by atoms with Crippen LogP contribution in [0, 0.1) is 0 Å². The number of nitrogen functional groups attached to an aromatic ring is 1. The number of nitrogens with one attached hydrogen (secondary N) is 2. The molecule has 0 bridgehead atoms. The number of amides is 2. The molecule has 2 amide bonds. The van der Waals surface area contributed by atoms with Crippen LogP contribution in [0.2, 0.25) is 0 Å². The van der Waals surface area contributed by atoms with E-state index in [-0.39, 0.29) is 16.7 Å². The minimum absolute atomic E-state index is 0.0739. The van der Waals surface area contributed by atoms with Crippen molar-refractivity contribution in [3.8, 4) is 5.75 Å². The van der Waals surface area contributed by atoms with Gasteiger partial charge in [0.1, 0.15) is 10.6 Å². The van der Waals surface area contributed by atoms with E-state index in [1.54, 1.807) is 13.8 Å². The molecule has 4 N–H and O–H groups in total. The number of rotatable bonds is 4. The summed E-state index contributed by atoms with van der Waals surface area (Å²) >= 11 is 0. The molecule has 0 heterocycles. The monoisotopic (exact) mass is 287 g/mol. The average molecular weight is 287 g/mol. The molecule has 0 unspecified atom stereocenters. The number of benzene rings is 1. The molecule has 0 fully saturated rings. The lowest BCUT2D eigenvalue weighted by Gasteiger charge is -2.13. The molecule has 0 saturated carbocycles. The predicted molar refractivity (Wildman–Crippen MR) is 71.4 cm³/mol. The van der Waals surface area contributed by atoms with Crippen molar-refractivity contribution in [2.75, 3.05) is 12.8 Å². The lowest BCUT2D eigenvalue weighted by molar-refractivity contribution is 0.243. The predicted octanol–water partition coefficient (Wildman–Crippen LogP) is 0.674. The summed E-state index contributed by atoms with van der Waals surface area (Å²) in [5.41, 5.74) is 5.90. The summed E-state index contributed by atoms with van der Waals surface area (Å²) in [6.07, 6.45) is 0. The molecule has 0 spiro atoms. The topological polar surface area (TPSA) is 111 Å². The zero-order chi connectivity index (χ0) is 14.6. The fourth-order valence-electron chi connectivity index (χ4n) is 1.37. The van der Waals surface area contributed by atoms with E-state index in [1.807, 2.05) is 4.72 Å². The molecule has 8 heteroatoms. The molecule has 19 heavy (non-hydrogen) atoms. The highest BCUT2D eigenvalue weighted by Crippen LogP contribution is 2.25. The van der Waals surface area contributed by atoms with E-state index in [1.165, 1.54) is 25.3 Å². The van der Waals surface area contributed by atoms with E-state index in [9.17, 15) is 13.2 Å². The second kappa shape index (κ2) is 5.79. The number of anilines is 1. The minimum Gasteiger partial charge on any atom is -0.495 e. The van der Waals surface area contributed by atoms with E-state index in [2.05, 4.69) is 5.32 Å². The van der Waals surface area contributed by atoms with Crippen LogP contribution in [0.5, 0.6) is 5.75 Å². The van der Waals surface area contributed by atoms with Crippen LogP contribution in [0.1, 0.15) is 13.8 Å². The fraction of sp³-hybridized carbons (Fsp3) is 0.364. The van der Waals surface area contributed by atoms with Crippen LogP contribution in [0.15, 0.2) is 23.1 Å². The highest BCUT2D eigenvalue weighted by molar-refractivity contribution is 7.90. The van der Waals surface area contributed by atoms with Crippen LogP contribution < -0.4 is 20.5 Å². The van der Waals surface area contributed by atoms with Gasteiger partial charge in [0.2, 0.25) is 0 Å². The van der Waals surface area contributed by atoms with E-state index in [0.29, 0.717) is 5.69 Å². The van der Waals surface area contributed by atoms with E-state index in [0.717, 1.165) is 0 Å². The third kappa shape index (κ3) is 4.02. The summed E-state index contributed by atoms with van der Waals surface area (Å²) in [5, 5.41) is 2.42. The van der Waals surface area contributed by atoms with E-state index in [4.69, 9.17) is 10.5 Å². The average Bonchev–Trinajstić information content (AvgIpc) is 2.26. The molecule has 106 valence electrons. The summed E-state index contributed by atoms with van der Waals surface area (Å²) in [7, 11) is -2.69. The van der Waals surface area contributed by atoms with Crippen LogP contribution >= 0.6 is 0 Å². The lowest BCUT2D eigenvalue weighted by atomic mass is 10.3. The number of ether oxygens (including phenoxy) is 1. The van der Waals surface area contributed by atoms with Gasteiger partial charge in [-0.2, -0.15) is 0 Å². The summed E-state index contributed by atoms with van der Waals surface area (Å²) in [6.45, 7) is 3.44. The number of methoxy groups -OCH3 is 1. The molecular formula is C11H17N3O4S. The molecular weight excluding hydrogens is 270 g/mol. The number of urea groups is 1. The molecule has 0 aromatic heterocycles. The largest absolute Gasteiger partial charge is 0.495 e. The Morgan fingerprint density at radius 3 is 2.53 bits per heavy atom. The van der Waals surface area contributed by atoms with Crippen LogP contribution in [0.3, 0.4) is 0 Å². The second-order valence-electron chi connectivity index (χ2n) is 4.14. The van der Waals surface area contributed by atoms with Crippen molar-refractivity contribution in [2.24, 2.45) is 0 Å². The van der Waals surface area contributed by atoms with Gasteiger partial charge < -0.3 is 15.8 Å². The van der Waals surface area contributed by atoms with Crippen LogP contribution in [-0.4, -0.2) is 27.6 Å². The summed E-state index contributed by atoms with van der Waals surface area (Å²) in [5.74, 6) is 0.0739. The SMILES string of the molecule is COc1cc(N)ccc1S(=O)(=O)NC(=O)NC(C)C. The Morgan fingerprint density at radius 2 is 2.00 bits per heavy atom. The molecule has 1 aromatic rings. The number of carbonyl (C=O) groups excluding carboxylic acids is 1. The van der Waals surface area contributed by atoms with Crippen LogP contribution in [0.25, 0.3) is 0 Å². The van der Waals surface area contributed by atoms with Gasteiger partial charge in [0.15, 0.2) is 0 Å². The third-order valence-electron chi connectivity index (χ3n) is 2.12. The minimum atomic E-state index is -4.01. The van der Waals surface area contributed by atoms with Crippen LogP contribution in [-0.2, 0) is 10.0 Å². The Kier molecular flexibility index (Phi) is 4.60. The van der Waals surface area contributed by atoms with Gasteiger partial charge >= 0.3 is 6.03 Å². The molecule has 1 rings (SSSR count). The number of hydrogen-bond donors (Lipinski definition) is 3. The summed E-state index contributed by atoms with van der Waals surface area (Å²) < 4.78 is 30.9. The van der Waals surface area contributed by atoms with E-state index < -0.39 is 16.1 Å². The zero-order valence-electron chi connectivity index (χ0n) is 10.9. The van der Waals surface area contributed by atoms with Crippen molar-refractivity contribution in [1.29, 1.82) is 0 Å². The van der Waals surface area contributed by atoms with Gasteiger partial charge in [0.05, 0.1) is 7.11 Å². The quantitative estimate of drug-likeness (QED) is 0.705. The Labute approximate surface area is 112 Å². The summed E-state index contributed by atoms with van der Waals surface area (Å²) in [6, 6.07) is 3.09. The fourth-order valence-corrected chi connectivity index (χ4v) is 2.44. The lowest BCUT2D eigenvalue weighted by Crippen LogP contribution is -2.42. The van der Waals surface area contributed by atoms with Crippen molar-refractivity contribution in [3.63, 3.8) is 0 Å². The van der Waals surface area contributed by atoms with Gasteiger partial charge in [-0.3, -0.25) is 0 Å². The van der Waals surface area contributed by atoms with Crippen molar-refractivity contribution in [1.82, 2.24) is 10.0 Å². The van der Waals surface area contributed by atoms with Gasteiger partial charge in [0.25, 0.3) is 10.0 Å². The Bertz CT molecular complexity index is 569. The number of carbonyl (C=O) groups is 1. The molecule has 1 aromatic carbocycles. The van der Waals surface area contributed by atoms with Gasteiger partial charge in [-0.25, -0.2) is 17.9 Å². The van der Waals surface area contributed by atoms with Gasteiger partial charge in [-0.15, -0.1) is 0 Å². The first-order chi connectivity index (χ1) is 8.76. The first kappa shape index (κ1) is 15.1. The number of nitrogens with two attached hydrogens (primary N) is 1. The van der Waals surface area contributed by atoms with Gasteiger partial charge in [0, 0.05) is 17.8 Å². The molecule has 0 aliphatic heterocycles. The standard InChI is InChI=1S/C11H17N3O4S/c1-7(2)13-11(15)14-19(16,17)10-5-4-8(12)6-9(10)18-3/h4-7H,12H2,1-3H3,(H2,13,14,15). The van der Waals surface area contributed by atoms with Crippen molar-refractivity contribution in [3.05, 3.63) is 18.2 Å². The molecule has 0 saturated heterocycles. The first-order valence-corrected chi connectivity index (χ1v) is 7.01. The Balaban J connectivity index is 3.04. The van der Waals surface area contributed by atoms with Gasteiger partial charge in [-0.1, -0.05) is 0 Å². The van der Waals surface area contributed by atoms with Crippen molar-refractivity contribution >= 4 is 21.7 Å².